The van der Waals surface area contributed by atoms with Crippen molar-refractivity contribution in [1.82, 2.24) is 0 Å². The van der Waals surface area contributed by atoms with Crippen LogP contribution in [0, 0.1) is 5.82 Å². The number of carbonyl (C=O) groups excluding carboxylic acids is 1. The van der Waals surface area contributed by atoms with Gasteiger partial charge in [-0.25, -0.2) is 4.39 Å². The molecule has 0 unspecified atom stereocenters. The van der Waals surface area contributed by atoms with Crippen LogP contribution in [0.3, 0.4) is 0 Å². The number of halogens is 1. The van der Waals surface area contributed by atoms with E-state index in [4.69, 9.17) is 4.74 Å². The highest BCUT2D eigenvalue weighted by Crippen LogP contribution is 2.24. The molecule has 0 saturated heterocycles. The van der Waals surface area contributed by atoms with Gasteiger partial charge in [-0.15, -0.1) is 0 Å². The van der Waals surface area contributed by atoms with Crippen LogP contribution in [0.5, 0.6) is 5.75 Å². The Hall–Kier alpha value is -3.34. The fraction of sp³-hybridized carbons (Fsp3) is 0.0952. The van der Waals surface area contributed by atoms with Crippen LogP contribution in [-0.2, 0) is 11.4 Å². The molecule has 0 aliphatic rings. The second-order valence-corrected chi connectivity index (χ2v) is 5.68. The predicted molar refractivity (Wildman–Crippen MR) is 101 cm³/mol. The van der Waals surface area contributed by atoms with Crippen molar-refractivity contribution < 1.29 is 13.9 Å². The Morgan fingerprint density at radius 2 is 1.58 bits per heavy atom. The van der Waals surface area contributed by atoms with E-state index in [-0.39, 0.29) is 18.3 Å². The first kappa shape index (κ1) is 17.5. The minimum Gasteiger partial charge on any atom is -0.487 e. The molecule has 1 amide bonds. The van der Waals surface area contributed by atoms with Crippen LogP contribution in [-0.4, -0.2) is 12.5 Å². The summed E-state index contributed by atoms with van der Waals surface area (Å²) < 4.78 is 18.7. The summed E-state index contributed by atoms with van der Waals surface area (Å²) in [6.07, 6.45) is 0. The highest BCUT2D eigenvalue weighted by molar-refractivity contribution is 5.95. The van der Waals surface area contributed by atoms with Gasteiger partial charge in [0, 0.05) is 5.69 Å². The Kier molecular flexibility index (Phi) is 5.83. The van der Waals surface area contributed by atoms with E-state index in [0.717, 1.165) is 5.56 Å². The van der Waals surface area contributed by atoms with E-state index in [0.29, 0.717) is 23.7 Å². The number of anilines is 2. The van der Waals surface area contributed by atoms with Gasteiger partial charge >= 0.3 is 0 Å². The molecule has 0 fully saturated rings. The summed E-state index contributed by atoms with van der Waals surface area (Å²) in [5.41, 5.74) is 2.33. The zero-order valence-electron chi connectivity index (χ0n) is 14.1. The summed E-state index contributed by atoms with van der Waals surface area (Å²) in [4.78, 5) is 12.2. The predicted octanol–water partition coefficient (Wildman–Crippen LogP) is 4.46. The van der Waals surface area contributed by atoms with Gasteiger partial charge in [0.1, 0.15) is 18.2 Å². The number of hydrogen-bond donors (Lipinski definition) is 2. The lowest BCUT2D eigenvalue weighted by Gasteiger charge is -2.13. The van der Waals surface area contributed by atoms with Crippen molar-refractivity contribution in [3.8, 4) is 5.75 Å². The van der Waals surface area contributed by atoms with Crippen LogP contribution in [0.4, 0.5) is 15.8 Å². The molecule has 3 aromatic rings. The highest BCUT2D eigenvalue weighted by Gasteiger charge is 2.08. The van der Waals surface area contributed by atoms with Gasteiger partial charge in [-0.3, -0.25) is 4.79 Å². The van der Waals surface area contributed by atoms with Gasteiger partial charge in [-0.2, -0.15) is 0 Å². The maximum Gasteiger partial charge on any atom is 0.243 e. The molecule has 0 heterocycles. The Morgan fingerprint density at radius 3 is 2.35 bits per heavy atom. The monoisotopic (exact) mass is 350 g/mol. The summed E-state index contributed by atoms with van der Waals surface area (Å²) >= 11 is 0. The summed E-state index contributed by atoms with van der Waals surface area (Å²) in [7, 11) is 0. The first-order valence-corrected chi connectivity index (χ1v) is 8.26. The summed E-state index contributed by atoms with van der Waals surface area (Å²) in [5, 5.41) is 5.78. The molecule has 3 aromatic carbocycles. The van der Waals surface area contributed by atoms with Gasteiger partial charge in [0.05, 0.1) is 12.2 Å². The molecule has 0 spiro atoms. The zero-order chi connectivity index (χ0) is 18.2. The van der Waals surface area contributed by atoms with Crippen molar-refractivity contribution in [1.29, 1.82) is 0 Å². The minimum atomic E-state index is -0.315. The third-order valence-corrected chi connectivity index (χ3v) is 3.70. The van der Waals surface area contributed by atoms with Crippen molar-refractivity contribution in [3.63, 3.8) is 0 Å². The van der Waals surface area contributed by atoms with Crippen LogP contribution in [0.15, 0.2) is 78.9 Å². The number of carbonyl (C=O) groups is 1. The number of rotatable bonds is 7. The lowest BCUT2D eigenvalue weighted by Crippen LogP contribution is -2.22. The molecule has 26 heavy (non-hydrogen) atoms. The van der Waals surface area contributed by atoms with Crippen LogP contribution in [0.2, 0.25) is 0 Å². The van der Waals surface area contributed by atoms with Crippen molar-refractivity contribution in [2.75, 3.05) is 17.2 Å². The van der Waals surface area contributed by atoms with Crippen molar-refractivity contribution in [2.24, 2.45) is 0 Å². The molecule has 0 aromatic heterocycles. The molecule has 3 rings (SSSR count). The van der Waals surface area contributed by atoms with E-state index in [2.05, 4.69) is 10.6 Å². The van der Waals surface area contributed by atoms with Crippen LogP contribution in [0.25, 0.3) is 0 Å². The first-order chi connectivity index (χ1) is 12.7. The molecule has 0 bridgehead atoms. The molecule has 2 N–H and O–H groups in total. The Bertz CT molecular complexity index is 851. The average molecular weight is 350 g/mol. The molecule has 0 radical (unpaired) electrons. The Balaban J connectivity index is 1.56. The van der Waals surface area contributed by atoms with Gasteiger partial charge in [0.25, 0.3) is 0 Å². The fourth-order valence-corrected chi connectivity index (χ4v) is 2.38. The third kappa shape index (κ3) is 5.08. The topological polar surface area (TPSA) is 50.4 Å². The van der Waals surface area contributed by atoms with Gasteiger partial charge in [0.2, 0.25) is 5.91 Å². The molecule has 0 atom stereocenters. The maximum absolute atomic E-state index is 12.9. The normalized spacial score (nSPS) is 10.2. The zero-order valence-corrected chi connectivity index (χ0v) is 14.1. The Morgan fingerprint density at radius 1 is 0.885 bits per heavy atom. The smallest absolute Gasteiger partial charge is 0.243 e. The molecule has 4 nitrogen and oxygen atoms in total. The number of nitrogens with one attached hydrogen (secondary N) is 2. The molecule has 0 saturated carbocycles. The van der Waals surface area contributed by atoms with Gasteiger partial charge < -0.3 is 15.4 Å². The van der Waals surface area contributed by atoms with Crippen LogP contribution >= 0.6 is 0 Å². The lowest BCUT2D eigenvalue weighted by atomic mass is 10.2. The highest BCUT2D eigenvalue weighted by atomic mass is 19.1. The largest absolute Gasteiger partial charge is 0.487 e. The Labute approximate surface area is 151 Å². The molecule has 132 valence electrons. The van der Waals surface area contributed by atoms with E-state index < -0.39 is 0 Å². The van der Waals surface area contributed by atoms with Crippen molar-refractivity contribution in [3.05, 3.63) is 90.2 Å². The third-order valence-electron chi connectivity index (χ3n) is 3.70. The number of amides is 1. The minimum absolute atomic E-state index is 0.0681. The van der Waals surface area contributed by atoms with E-state index in [1.807, 2.05) is 48.5 Å². The second kappa shape index (κ2) is 8.67. The van der Waals surface area contributed by atoms with E-state index in [1.165, 1.54) is 12.1 Å². The summed E-state index contributed by atoms with van der Waals surface area (Å²) in [6.45, 7) is 0.486. The molecule has 5 heteroatoms. The lowest BCUT2D eigenvalue weighted by molar-refractivity contribution is -0.114. The quantitative estimate of drug-likeness (QED) is 0.662. The van der Waals surface area contributed by atoms with Crippen molar-refractivity contribution in [2.45, 2.75) is 6.61 Å². The van der Waals surface area contributed by atoms with Gasteiger partial charge in [0.15, 0.2) is 0 Å². The maximum atomic E-state index is 12.9. The van der Waals surface area contributed by atoms with Gasteiger partial charge in [-0.1, -0.05) is 42.5 Å². The molecule has 0 aliphatic carbocycles. The van der Waals surface area contributed by atoms with E-state index in [1.54, 1.807) is 18.2 Å². The number of hydrogen-bond acceptors (Lipinski definition) is 3. The van der Waals surface area contributed by atoms with Crippen LogP contribution in [0.1, 0.15) is 5.56 Å². The van der Waals surface area contributed by atoms with Gasteiger partial charge in [-0.05, 0) is 42.0 Å². The molecular formula is C21H19FN2O2. The SMILES string of the molecule is O=C(CNc1ccc(F)cc1)Nc1ccccc1OCc1ccccc1. The molecular weight excluding hydrogens is 331 g/mol. The number of ether oxygens (including phenoxy) is 1. The fourth-order valence-electron chi connectivity index (χ4n) is 2.38. The van der Waals surface area contributed by atoms with E-state index >= 15 is 0 Å². The summed E-state index contributed by atoms with van der Waals surface area (Å²) in [5.74, 6) is 0.0704. The summed E-state index contributed by atoms with van der Waals surface area (Å²) in [6, 6.07) is 22.9. The first-order valence-electron chi connectivity index (χ1n) is 8.26. The van der Waals surface area contributed by atoms with Crippen LogP contribution < -0.4 is 15.4 Å². The number of benzene rings is 3. The standard InChI is InChI=1S/C21H19FN2O2/c22-17-10-12-18(13-11-17)23-14-21(25)24-19-8-4-5-9-20(19)26-15-16-6-2-1-3-7-16/h1-13,23H,14-15H2,(H,24,25). The average Bonchev–Trinajstić information content (AvgIpc) is 2.68. The van der Waals surface area contributed by atoms with E-state index in [9.17, 15) is 9.18 Å². The number of para-hydroxylation sites is 2. The van der Waals surface area contributed by atoms with Crippen molar-refractivity contribution >= 4 is 17.3 Å². The molecule has 0 aliphatic heterocycles. The second-order valence-electron chi connectivity index (χ2n) is 5.68.